The molecule has 0 aliphatic heterocycles. The first-order valence-electron chi connectivity index (χ1n) is 9.13. The van der Waals surface area contributed by atoms with Crippen LogP contribution >= 0.6 is 24.0 Å². The molecule has 1 aromatic heterocycles. The predicted octanol–water partition coefficient (Wildman–Crippen LogP) is 4.04. The third-order valence-electron chi connectivity index (χ3n) is 3.79. The van der Waals surface area contributed by atoms with Crippen LogP contribution in [0.5, 0.6) is 5.88 Å². The van der Waals surface area contributed by atoms with Crippen LogP contribution in [0.25, 0.3) is 0 Å². The van der Waals surface area contributed by atoms with Crippen molar-refractivity contribution < 1.29 is 22.6 Å². The highest BCUT2D eigenvalue weighted by Gasteiger charge is 2.27. The maximum atomic E-state index is 12.1. The number of nitrogens with one attached hydrogen (secondary N) is 2. The molecule has 0 aliphatic rings. The van der Waals surface area contributed by atoms with Gasteiger partial charge < -0.3 is 20.1 Å². The summed E-state index contributed by atoms with van der Waals surface area (Å²) in [5.41, 5.74) is 2.61. The van der Waals surface area contributed by atoms with Gasteiger partial charge in [0.15, 0.2) is 5.96 Å². The van der Waals surface area contributed by atoms with Crippen LogP contribution in [0.1, 0.15) is 23.6 Å². The number of nitrogens with zero attached hydrogens (tertiary/aromatic N) is 2. The number of benzene rings is 1. The number of hydrogen-bond donors (Lipinski definition) is 2. The second-order valence-electron chi connectivity index (χ2n) is 6.18. The van der Waals surface area contributed by atoms with E-state index in [9.17, 15) is 13.2 Å². The van der Waals surface area contributed by atoms with Crippen LogP contribution < -0.4 is 15.4 Å². The molecular weight excluding hydrogens is 512 g/mol. The van der Waals surface area contributed by atoms with E-state index in [2.05, 4.69) is 25.3 Å². The Morgan fingerprint density at radius 3 is 2.27 bits per heavy atom. The summed E-state index contributed by atoms with van der Waals surface area (Å²) in [5, 5.41) is 6.39. The van der Waals surface area contributed by atoms with Crippen LogP contribution in [0, 0.1) is 0 Å². The third-order valence-corrected chi connectivity index (χ3v) is 3.79. The van der Waals surface area contributed by atoms with Crippen molar-refractivity contribution in [3.8, 4) is 5.88 Å². The molecule has 0 unspecified atom stereocenters. The van der Waals surface area contributed by atoms with Crippen molar-refractivity contribution >= 4 is 29.9 Å². The van der Waals surface area contributed by atoms with E-state index in [-0.39, 0.29) is 30.6 Å². The molecule has 0 spiro atoms. The van der Waals surface area contributed by atoms with Crippen LogP contribution in [-0.2, 0) is 24.4 Å². The minimum atomic E-state index is -4.31. The number of rotatable bonds is 9. The van der Waals surface area contributed by atoms with Crippen LogP contribution in [-0.4, -0.2) is 37.4 Å². The second kappa shape index (κ2) is 13.3. The van der Waals surface area contributed by atoms with Gasteiger partial charge in [0.25, 0.3) is 0 Å². The molecule has 2 rings (SSSR count). The van der Waals surface area contributed by atoms with Crippen LogP contribution in [0.4, 0.5) is 13.2 Å². The SMILES string of the molecule is CCNC(=NCc1ccc(OC)nc1)NCc1ccc(COCC(F)(F)F)cc1.I. The summed E-state index contributed by atoms with van der Waals surface area (Å²) in [5.74, 6) is 1.20. The zero-order valence-corrected chi connectivity index (χ0v) is 19.2. The Morgan fingerprint density at radius 1 is 1.03 bits per heavy atom. The lowest BCUT2D eigenvalue weighted by molar-refractivity contribution is -0.176. The van der Waals surface area contributed by atoms with Crippen molar-refractivity contribution in [2.45, 2.75) is 32.8 Å². The molecule has 1 heterocycles. The topological polar surface area (TPSA) is 67.8 Å². The van der Waals surface area contributed by atoms with E-state index in [1.807, 2.05) is 25.1 Å². The van der Waals surface area contributed by atoms with E-state index < -0.39 is 12.8 Å². The van der Waals surface area contributed by atoms with Crippen LogP contribution in [0.3, 0.4) is 0 Å². The quantitative estimate of drug-likeness (QED) is 0.287. The van der Waals surface area contributed by atoms with Crippen molar-refractivity contribution in [1.29, 1.82) is 0 Å². The van der Waals surface area contributed by atoms with E-state index in [0.29, 0.717) is 37.0 Å². The number of halogens is 4. The fourth-order valence-electron chi connectivity index (χ4n) is 2.36. The molecule has 10 heteroatoms. The lowest BCUT2D eigenvalue weighted by Crippen LogP contribution is -2.36. The average Bonchev–Trinajstić information content (AvgIpc) is 2.70. The van der Waals surface area contributed by atoms with Crippen molar-refractivity contribution in [2.24, 2.45) is 4.99 Å². The van der Waals surface area contributed by atoms with E-state index in [4.69, 9.17) is 4.74 Å². The molecule has 30 heavy (non-hydrogen) atoms. The van der Waals surface area contributed by atoms with Gasteiger partial charge in [-0.15, -0.1) is 24.0 Å². The molecule has 0 saturated carbocycles. The molecule has 0 aliphatic carbocycles. The Bertz CT molecular complexity index is 769. The monoisotopic (exact) mass is 538 g/mol. The van der Waals surface area contributed by atoms with Crippen LogP contribution in [0.2, 0.25) is 0 Å². The molecule has 0 atom stereocenters. The van der Waals surface area contributed by atoms with Gasteiger partial charge in [-0.25, -0.2) is 9.98 Å². The minimum Gasteiger partial charge on any atom is -0.481 e. The number of alkyl halides is 3. The summed E-state index contributed by atoms with van der Waals surface area (Å²) in [7, 11) is 1.56. The van der Waals surface area contributed by atoms with E-state index in [1.54, 1.807) is 31.5 Å². The van der Waals surface area contributed by atoms with Crippen LogP contribution in [0.15, 0.2) is 47.6 Å². The summed E-state index contributed by atoms with van der Waals surface area (Å²) >= 11 is 0. The van der Waals surface area contributed by atoms with Gasteiger partial charge in [0.05, 0.1) is 20.3 Å². The Kier molecular flexibility index (Phi) is 11.5. The summed E-state index contributed by atoms with van der Waals surface area (Å²) in [4.78, 5) is 8.68. The molecule has 2 N–H and O–H groups in total. The van der Waals surface area contributed by atoms with Crippen molar-refractivity contribution in [3.63, 3.8) is 0 Å². The van der Waals surface area contributed by atoms with Gasteiger partial charge in [0.1, 0.15) is 6.61 Å². The smallest absolute Gasteiger partial charge is 0.411 e. The predicted molar refractivity (Wildman–Crippen MR) is 120 cm³/mol. The Hall–Kier alpha value is -2.08. The first-order valence-corrected chi connectivity index (χ1v) is 9.13. The fraction of sp³-hybridized carbons (Fsp3) is 0.400. The number of guanidine groups is 1. The van der Waals surface area contributed by atoms with Crippen molar-refractivity contribution in [2.75, 3.05) is 20.3 Å². The standard InChI is InChI=1S/C20H25F3N4O2.HI/c1-3-24-19(27-12-17-8-9-18(28-2)25-11-17)26-10-15-4-6-16(7-5-15)13-29-14-20(21,22)23;/h4-9,11H,3,10,12-14H2,1-2H3,(H2,24,26,27);1H. The summed E-state index contributed by atoms with van der Waals surface area (Å²) < 4.78 is 46.0. The molecule has 0 fully saturated rings. The number of ether oxygens (including phenoxy) is 2. The molecule has 0 bridgehead atoms. The number of pyridine rings is 1. The highest BCUT2D eigenvalue weighted by molar-refractivity contribution is 14.0. The molecule has 2 aromatic rings. The third kappa shape index (κ3) is 10.1. The molecule has 166 valence electrons. The maximum Gasteiger partial charge on any atom is 0.411 e. The Morgan fingerprint density at radius 2 is 1.70 bits per heavy atom. The van der Waals surface area contributed by atoms with Gasteiger partial charge in [-0.1, -0.05) is 30.3 Å². The zero-order chi connectivity index (χ0) is 21.1. The first-order chi connectivity index (χ1) is 13.9. The lowest BCUT2D eigenvalue weighted by Gasteiger charge is -2.12. The number of hydrogen-bond acceptors (Lipinski definition) is 4. The van der Waals surface area contributed by atoms with Gasteiger partial charge in [-0.3, -0.25) is 0 Å². The summed E-state index contributed by atoms with van der Waals surface area (Å²) in [6.45, 7) is 2.35. The number of aromatic nitrogens is 1. The highest BCUT2D eigenvalue weighted by Crippen LogP contribution is 2.16. The van der Waals surface area contributed by atoms with Gasteiger partial charge >= 0.3 is 6.18 Å². The first kappa shape index (κ1) is 26.0. The Labute approximate surface area is 191 Å². The highest BCUT2D eigenvalue weighted by atomic mass is 127. The van der Waals surface area contributed by atoms with Gasteiger partial charge in [0.2, 0.25) is 5.88 Å². The molecular formula is C20H26F3IN4O2. The molecule has 6 nitrogen and oxygen atoms in total. The molecule has 1 aromatic carbocycles. The lowest BCUT2D eigenvalue weighted by atomic mass is 10.1. The van der Waals surface area contributed by atoms with Crippen molar-refractivity contribution in [3.05, 3.63) is 59.3 Å². The summed E-state index contributed by atoms with van der Waals surface area (Å²) in [6.07, 6.45) is -2.60. The molecule has 0 radical (unpaired) electrons. The maximum absolute atomic E-state index is 12.1. The number of aliphatic imine (C=N–C) groups is 1. The largest absolute Gasteiger partial charge is 0.481 e. The molecule has 0 saturated heterocycles. The molecule has 0 amide bonds. The second-order valence-corrected chi connectivity index (χ2v) is 6.18. The van der Waals surface area contributed by atoms with Crippen molar-refractivity contribution in [1.82, 2.24) is 15.6 Å². The minimum absolute atomic E-state index is 0. The fourth-order valence-corrected chi connectivity index (χ4v) is 2.36. The zero-order valence-electron chi connectivity index (χ0n) is 16.8. The van der Waals surface area contributed by atoms with E-state index in [0.717, 1.165) is 11.1 Å². The van der Waals surface area contributed by atoms with E-state index >= 15 is 0 Å². The van der Waals surface area contributed by atoms with Gasteiger partial charge in [-0.2, -0.15) is 13.2 Å². The summed E-state index contributed by atoms with van der Waals surface area (Å²) in [6, 6.07) is 10.9. The van der Waals surface area contributed by atoms with Gasteiger partial charge in [-0.05, 0) is 23.6 Å². The normalized spacial score (nSPS) is 11.6. The number of methoxy groups -OCH3 is 1. The van der Waals surface area contributed by atoms with Gasteiger partial charge in [0, 0.05) is 25.4 Å². The average molecular weight is 538 g/mol. The van der Waals surface area contributed by atoms with E-state index in [1.165, 1.54) is 0 Å². The Balaban J connectivity index is 0.00000450.